The Kier molecular flexibility index (Phi) is 3.35. The van der Waals surface area contributed by atoms with Crippen LogP contribution in [0.25, 0.3) is 0 Å². The first-order valence-electron chi connectivity index (χ1n) is 3.95. The summed E-state index contributed by atoms with van der Waals surface area (Å²) in [6, 6.07) is 2.14. The molecule has 0 saturated carbocycles. The summed E-state index contributed by atoms with van der Waals surface area (Å²) < 4.78 is 44.1. The van der Waals surface area contributed by atoms with E-state index in [9.17, 15) is 13.2 Å². The summed E-state index contributed by atoms with van der Waals surface area (Å²) in [4.78, 5) is 3.81. The van der Waals surface area contributed by atoms with Gasteiger partial charge in [0.1, 0.15) is 5.75 Å². The van der Waals surface area contributed by atoms with E-state index < -0.39 is 12.1 Å². The van der Waals surface area contributed by atoms with Crippen molar-refractivity contribution in [1.82, 2.24) is 4.98 Å². The SMILES string of the molecule is COc1cc(OC(F)(F)F)cc(CN)n1. The predicted octanol–water partition coefficient (Wildman–Crippen LogP) is 1.45. The van der Waals surface area contributed by atoms with E-state index >= 15 is 0 Å². The third-order valence-corrected chi connectivity index (χ3v) is 1.48. The average Bonchev–Trinajstić information content (AvgIpc) is 2.14. The van der Waals surface area contributed by atoms with Gasteiger partial charge in [-0.2, -0.15) is 0 Å². The summed E-state index contributed by atoms with van der Waals surface area (Å²) in [7, 11) is 1.29. The van der Waals surface area contributed by atoms with Crippen LogP contribution in [0.3, 0.4) is 0 Å². The van der Waals surface area contributed by atoms with E-state index in [4.69, 9.17) is 10.5 Å². The molecular weight excluding hydrogens is 213 g/mol. The maximum Gasteiger partial charge on any atom is 0.573 e. The van der Waals surface area contributed by atoms with E-state index in [0.717, 1.165) is 12.1 Å². The predicted molar refractivity (Wildman–Crippen MR) is 45.4 cm³/mol. The fourth-order valence-corrected chi connectivity index (χ4v) is 0.935. The second-order valence-electron chi connectivity index (χ2n) is 2.59. The zero-order valence-electron chi connectivity index (χ0n) is 7.84. The van der Waals surface area contributed by atoms with Gasteiger partial charge in [0.05, 0.1) is 12.8 Å². The van der Waals surface area contributed by atoms with Crippen LogP contribution in [0.2, 0.25) is 0 Å². The van der Waals surface area contributed by atoms with Crippen LogP contribution in [0, 0.1) is 0 Å². The summed E-state index contributed by atoms with van der Waals surface area (Å²) in [5.74, 6) is -0.369. The number of pyridine rings is 1. The zero-order valence-corrected chi connectivity index (χ0v) is 7.84. The molecule has 1 heterocycles. The number of nitrogens with zero attached hydrogens (tertiary/aromatic N) is 1. The van der Waals surface area contributed by atoms with Crippen LogP contribution in [0.1, 0.15) is 5.69 Å². The molecule has 1 rings (SSSR count). The highest BCUT2D eigenvalue weighted by Gasteiger charge is 2.31. The first-order valence-corrected chi connectivity index (χ1v) is 3.95. The molecule has 0 amide bonds. The molecule has 0 saturated heterocycles. The Morgan fingerprint density at radius 3 is 2.53 bits per heavy atom. The van der Waals surface area contributed by atoms with Crippen molar-refractivity contribution in [3.8, 4) is 11.6 Å². The standard InChI is InChI=1S/C8H9F3N2O2/c1-14-7-3-6(15-8(9,10)11)2-5(4-12)13-7/h2-3H,4,12H2,1H3. The topological polar surface area (TPSA) is 57.4 Å². The van der Waals surface area contributed by atoms with Crippen LogP contribution in [0.15, 0.2) is 12.1 Å². The van der Waals surface area contributed by atoms with Crippen LogP contribution in [0.4, 0.5) is 13.2 Å². The third-order valence-electron chi connectivity index (χ3n) is 1.48. The number of hydrogen-bond donors (Lipinski definition) is 1. The van der Waals surface area contributed by atoms with Crippen molar-refractivity contribution in [1.29, 1.82) is 0 Å². The van der Waals surface area contributed by atoms with Crippen LogP contribution in [-0.2, 0) is 6.54 Å². The van der Waals surface area contributed by atoms with Gasteiger partial charge in [0.2, 0.25) is 5.88 Å². The highest BCUT2D eigenvalue weighted by atomic mass is 19.4. The minimum Gasteiger partial charge on any atom is -0.481 e. The number of rotatable bonds is 3. The lowest BCUT2D eigenvalue weighted by atomic mass is 10.3. The number of nitrogens with two attached hydrogens (primary N) is 1. The van der Waals surface area contributed by atoms with Crippen molar-refractivity contribution >= 4 is 0 Å². The maximum absolute atomic E-state index is 11.9. The molecule has 84 valence electrons. The molecule has 0 aliphatic rings. The Balaban J connectivity index is 2.97. The molecule has 0 aliphatic carbocycles. The fourth-order valence-electron chi connectivity index (χ4n) is 0.935. The number of halogens is 3. The van der Waals surface area contributed by atoms with Crippen LogP contribution < -0.4 is 15.2 Å². The minimum absolute atomic E-state index is 0.00537. The molecule has 0 radical (unpaired) electrons. The summed E-state index contributed by atoms with van der Waals surface area (Å²) in [5.41, 5.74) is 5.51. The number of hydrogen-bond acceptors (Lipinski definition) is 4. The van der Waals surface area contributed by atoms with Gasteiger partial charge in [-0.15, -0.1) is 13.2 Å². The quantitative estimate of drug-likeness (QED) is 0.840. The van der Waals surface area contributed by atoms with Gasteiger partial charge in [0.25, 0.3) is 0 Å². The van der Waals surface area contributed by atoms with Crippen molar-refractivity contribution in [2.75, 3.05) is 7.11 Å². The van der Waals surface area contributed by atoms with Gasteiger partial charge in [-0.3, -0.25) is 0 Å². The molecule has 0 unspecified atom stereocenters. The largest absolute Gasteiger partial charge is 0.573 e. The molecule has 1 aromatic rings. The zero-order chi connectivity index (χ0) is 11.5. The van der Waals surface area contributed by atoms with E-state index in [1.54, 1.807) is 0 Å². The van der Waals surface area contributed by atoms with Gasteiger partial charge in [-0.25, -0.2) is 4.98 Å². The first-order chi connectivity index (χ1) is 6.94. The van der Waals surface area contributed by atoms with E-state index in [-0.39, 0.29) is 18.1 Å². The summed E-state index contributed by atoms with van der Waals surface area (Å²) in [6.45, 7) is 0.00537. The Labute approximate surface area is 83.8 Å². The van der Waals surface area contributed by atoms with E-state index in [1.807, 2.05) is 0 Å². The number of aromatic nitrogens is 1. The van der Waals surface area contributed by atoms with Gasteiger partial charge in [0, 0.05) is 18.7 Å². The van der Waals surface area contributed by atoms with Crippen LogP contribution >= 0.6 is 0 Å². The van der Waals surface area contributed by atoms with Crippen LogP contribution in [0.5, 0.6) is 11.6 Å². The fraction of sp³-hybridized carbons (Fsp3) is 0.375. The molecule has 0 aliphatic heterocycles. The average molecular weight is 222 g/mol. The van der Waals surface area contributed by atoms with E-state index in [0.29, 0.717) is 0 Å². The molecule has 15 heavy (non-hydrogen) atoms. The Morgan fingerprint density at radius 2 is 2.07 bits per heavy atom. The summed E-state index contributed by atoms with van der Waals surface area (Å²) in [6.07, 6.45) is -4.74. The highest BCUT2D eigenvalue weighted by Crippen LogP contribution is 2.25. The lowest BCUT2D eigenvalue weighted by molar-refractivity contribution is -0.274. The monoisotopic (exact) mass is 222 g/mol. The van der Waals surface area contributed by atoms with Gasteiger partial charge >= 0.3 is 6.36 Å². The Morgan fingerprint density at radius 1 is 1.40 bits per heavy atom. The molecule has 1 aromatic heterocycles. The lowest BCUT2D eigenvalue weighted by Gasteiger charge is -2.10. The normalized spacial score (nSPS) is 11.3. The first kappa shape index (κ1) is 11.6. The van der Waals surface area contributed by atoms with Crippen LogP contribution in [-0.4, -0.2) is 18.5 Å². The summed E-state index contributed by atoms with van der Waals surface area (Å²) in [5, 5.41) is 0. The molecule has 4 nitrogen and oxygen atoms in total. The van der Waals surface area contributed by atoms with E-state index in [2.05, 4.69) is 9.72 Å². The Bertz CT molecular complexity index is 319. The van der Waals surface area contributed by atoms with Gasteiger partial charge in [-0.05, 0) is 0 Å². The third kappa shape index (κ3) is 3.62. The smallest absolute Gasteiger partial charge is 0.481 e. The molecule has 0 bridgehead atoms. The van der Waals surface area contributed by atoms with E-state index in [1.165, 1.54) is 7.11 Å². The van der Waals surface area contributed by atoms with Crippen molar-refractivity contribution in [3.05, 3.63) is 17.8 Å². The van der Waals surface area contributed by atoms with Crippen molar-refractivity contribution in [2.24, 2.45) is 5.73 Å². The second kappa shape index (κ2) is 4.35. The van der Waals surface area contributed by atoms with Gasteiger partial charge < -0.3 is 15.2 Å². The highest BCUT2D eigenvalue weighted by molar-refractivity contribution is 5.30. The lowest BCUT2D eigenvalue weighted by Crippen LogP contribution is -2.17. The molecular formula is C8H9F3N2O2. The Hall–Kier alpha value is -1.50. The molecule has 7 heteroatoms. The molecule has 0 atom stereocenters. The van der Waals surface area contributed by atoms with Crippen molar-refractivity contribution in [3.63, 3.8) is 0 Å². The summed E-state index contributed by atoms with van der Waals surface area (Å²) >= 11 is 0. The minimum atomic E-state index is -4.74. The molecule has 2 N–H and O–H groups in total. The van der Waals surface area contributed by atoms with Gasteiger partial charge in [0.15, 0.2) is 0 Å². The molecule has 0 fully saturated rings. The molecule has 0 aromatic carbocycles. The number of methoxy groups -OCH3 is 1. The second-order valence-corrected chi connectivity index (χ2v) is 2.59. The number of ether oxygens (including phenoxy) is 2. The van der Waals surface area contributed by atoms with Gasteiger partial charge in [-0.1, -0.05) is 0 Å². The van der Waals surface area contributed by atoms with Crippen molar-refractivity contribution < 1.29 is 22.6 Å². The maximum atomic E-state index is 11.9. The van der Waals surface area contributed by atoms with Crippen molar-refractivity contribution in [2.45, 2.75) is 12.9 Å². The molecule has 0 spiro atoms. The number of alkyl halides is 3.